The third-order valence-electron chi connectivity index (χ3n) is 5.30. The lowest BCUT2D eigenvalue weighted by molar-refractivity contribution is 0.264. The predicted molar refractivity (Wildman–Crippen MR) is 78.7 cm³/mol. The highest BCUT2D eigenvalue weighted by Crippen LogP contribution is 2.45. The normalized spacial score (nSPS) is 26.1. The summed E-state index contributed by atoms with van der Waals surface area (Å²) < 4.78 is 2.03. The van der Waals surface area contributed by atoms with Gasteiger partial charge in [0.2, 0.25) is 0 Å². The molecule has 2 aliphatic rings. The van der Waals surface area contributed by atoms with Crippen LogP contribution in [-0.2, 0) is 12.8 Å². The Labute approximate surface area is 120 Å². The van der Waals surface area contributed by atoms with Gasteiger partial charge in [0.15, 0.2) is 0 Å². The van der Waals surface area contributed by atoms with E-state index in [0.29, 0.717) is 12.0 Å². The molecule has 0 N–H and O–H groups in total. The van der Waals surface area contributed by atoms with Crippen LogP contribution in [0.15, 0.2) is 30.9 Å². The zero-order chi connectivity index (χ0) is 13.5. The second-order valence-corrected chi connectivity index (χ2v) is 6.40. The average Bonchev–Trinajstić information content (AvgIpc) is 3.01. The van der Waals surface area contributed by atoms with Crippen molar-refractivity contribution in [3.8, 4) is 0 Å². The van der Waals surface area contributed by atoms with Crippen LogP contribution >= 0.6 is 0 Å². The second kappa shape index (κ2) is 4.72. The highest BCUT2D eigenvalue weighted by atomic mass is 15.3. The molecule has 4 rings (SSSR count). The van der Waals surface area contributed by atoms with Crippen LogP contribution in [0.1, 0.15) is 54.8 Å². The highest BCUT2D eigenvalue weighted by Gasteiger charge is 2.33. The maximum Gasteiger partial charge on any atom is 0.137 e. The molecule has 2 aromatic rings. The number of nitrogens with zero attached hydrogens (tertiary/aromatic N) is 3. The summed E-state index contributed by atoms with van der Waals surface area (Å²) in [5.74, 6) is 1.46. The Morgan fingerprint density at radius 3 is 3.05 bits per heavy atom. The molecule has 3 heteroatoms. The largest absolute Gasteiger partial charge is 0.250 e. The predicted octanol–water partition coefficient (Wildman–Crippen LogP) is 3.52. The number of aryl methyl sites for hydroxylation is 1. The van der Waals surface area contributed by atoms with Gasteiger partial charge < -0.3 is 0 Å². The van der Waals surface area contributed by atoms with E-state index in [9.17, 15) is 0 Å². The first-order valence-corrected chi connectivity index (χ1v) is 7.77. The minimum atomic E-state index is 0.441. The third kappa shape index (κ3) is 1.88. The summed E-state index contributed by atoms with van der Waals surface area (Å²) in [6.45, 7) is 2.29. The minimum Gasteiger partial charge on any atom is -0.250 e. The number of benzene rings is 1. The van der Waals surface area contributed by atoms with Crippen LogP contribution in [0.25, 0.3) is 0 Å². The topological polar surface area (TPSA) is 30.7 Å². The van der Waals surface area contributed by atoms with Crippen LogP contribution < -0.4 is 0 Å². The molecule has 0 saturated carbocycles. The van der Waals surface area contributed by atoms with Crippen molar-refractivity contribution in [1.29, 1.82) is 0 Å². The van der Waals surface area contributed by atoms with Crippen molar-refractivity contribution in [3.05, 3.63) is 47.5 Å². The fraction of sp³-hybridized carbons (Fsp3) is 0.529. The van der Waals surface area contributed by atoms with Gasteiger partial charge in [-0.25, -0.2) is 9.67 Å². The van der Waals surface area contributed by atoms with Crippen LogP contribution in [0.2, 0.25) is 0 Å². The number of aromatic nitrogens is 3. The molecular formula is C17H21N3. The quantitative estimate of drug-likeness (QED) is 0.833. The lowest BCUT2D eigenvalue weighted by Crippen LogP contribution is -2.28. The van der Waals surface area contributed by atoms with Gasteiger partial charge in [-0.05, 0) is 67.6 Å². The standard InChI is InChI=1S/C17H21N3/c1-12(20-11-18-10-19-20)16-8-14-6-2-4-13-5-3-7-15(9-16)17(13)14/h2,4,6,10-12,15-16H,3,5,7-9H2,1H3. The van der Waals surface area contributed by atoms with Crippen molar-refractivity contribution in [2.45, 2.75) is 51.0 Å². The van der Waals surface area contributed by atoms with Crippen molar-refractivity contribution in [2.75, 3.05) is 0 Å². The van der Waals surface area contributed by atoms with Crippen molar-refractivity contribution < 1.29 is 0 Å². The molecule has 0 bridgehead atoms. The summed E-state index contributed by atoms with van der Waals surface area (Å²) in [5, 5.41) is 4.34. The van der Waals surface area contributed by atoms with Crippen LogP contribution in [-0.4, -0.2) is 14.8 Å². The van der Waals surface area contributed by atoms with Crippen molar-refractivity contribution in [1.82, 2.24) is 14.8 Å². The molecule has 2 aliphatic carbocycles. The van der Waals surface area contributed by atoms with E-state index in [1.807, 2.05) is 11.0 Å². The molecule has 0 saturated heterocycles. The summed E-state index contributed by atoms with van der Waals surface area (Å²) in [6.07, 6.45) is 10.0. The average molecular weight is 267 g/mol. The molecule has 1 heterocycles. The van der Waals surface area contributed by atoms with E-state index >= 15 is 0 Å². The Kier molecular flexibility index (Phi) is 2.86. The minimum absolute atomic E-state index is 0.441. The fourth-order valence-corrected chi connectivity index (χ4v) is 4.25. The molecule has 0 fully saturated rings. The smallest absolute Gasteiger partial charge is 0.137 e. The molecular weight excluding hydrogens is 246 g/mol. The molecule has 3 nitrogen and oxygen atoms in total. The molecule has 20 heavy (non-hydrogen) atoms. The van der Waals surface area contributed by atoms with Crippen LogP contribution in [0.5, 0.6) is 0 Å². The van der Waals surface area contributed by atoms with Gasteiger partial charge in [-0.2, -0.15) is 5.10 Å². The molecule has 1 aromatic heterocycles. The molecule has 0 radical (unpaired) electrons. The van der Waals surface area contributed by atoms with Gasteiger partial charge in [0.05, 0.1) is 6.04 Å². The molecule has 0 aliphatic heterocycles. The molecule has 3 atom stereocenters. The van der Waals surface area contributed by atoms with Gasteiger partial charge in [-0.15, -0.1) is 0 Å². The maximum absolute atomic E-state index is 4.34. The Balaban J connectivity index is 1.67. The van der Waals surface area contributed by atoms with E-state index in [1.54, 1.807) is 23.0 Å². The molecule has 104 valence electrons. The zero-order valence-electron chi connectivity index (χ0n) is 12.0. The van der Waals surface area contributed by atoms with E-state index in [1.165, 1.54) is 32.1 Å². The molecule has 1 aromatic carbocycles. The van der Waals surface area contributed by atoms with Crippen LogP contribution in [0.3, 0.4) is 0 Å². The summed E-state index contributed by atoms with van der Waals surface area (Å²) in [5.41, 5.74) is 4.90. The molecule has 3 unspecified atom stereocenters. The van der Waals surface area contributed by atoms with Gasteiger partial charge in [0, 0.05) is 0 Å². The maximum atomic E-state index is 4.34. The molecule has 0 spiro atoms. The Morgan fingerprint density at radius 1 is 1.30 bits per heavy atom. The van der Waals surface area contributed by atoms with Gasteiger partial charge in [-0.3, -0.25) is 0 Å². The third-order valence-corrected chi connectivity index (χ3v) is 5.30. The molecule has 0 amide bonds. The van der Waals surface area contributed by atoms with Crippen LogP contribution in [0, 0.1) is 5.92 Å². The SMILES string of the molecule is CC(C1Cc2cccc3c2C(CCC3)C1)n1cncn1. The number of rotatable bonds is 2. The lowest BCUT2D eigenvalue weighted by Gasteiger charge is -2.38. The first-order chi connectivity index (χ1) is 9.83. The van der Waals surface area contributed by atoms with Gasteiger partial charge in [-0.1, -0.05) is 18.2 Å². The van der Waals surface area contributed by atoms with Crippen molar-refractivity contribution in [3.63, 3.8) is 0 Å². The van der Waals surface area contributed by atoms with Crippen molar-refractivity contribution >= 4 is 0 Å². The fourth-order valence-electron chi connectivity index (χ4n) is 4.25. The highest BCUT2D eigenvalue weighted by molar-refractivity contribution is 5.42. The first-order valence-electron chi connectivity index (χ1n) is 7.77. The van der Waals surface area contributed by atoms with E-state index < -0.39 is 0 Å². The Bertz CT molecular complexity index is 603. The second-order valence-electron chi connectivity index (χ2n) is 6.40. The van der Waals surface area contributed by atoms with Gasteiger partial charge in [0.25, 0.3) is 0 Å². The van der Waals surface area contributed by atoms with E-state index in [4.69, 9.17) is 0 Å². The van der Waals surface area contributed by atoms with Gasteiger partial charge in [0.1, 0.15) is 12.7 Å². The zero-order valence-corrected chi connectivity index (χ0v) is 12.0. The van der Waals surface area contributed by atoms with E-state index in [-0.39, 0.29) is 0 Å². The number of hydrogen-bond acceptors (Lipinski definition) is 2. The lowest BCUT2D eigenvalue weighted by atomic mass is 9.68. The summed E-state index contributed by atoms with van der Waals surface area (Å²) in [6, 6.07) is 7.37. The van der Waals surface area contributed by atoms with E-state index in [2.05, 4.69) is 35.2 Å². The summed E-state index contributed by atoms with van der Waals surface area (Å²) in [7, 11) is 0. The van der Waals surface area contributed by atoms with Gasteiger partial charge >= 0.3 is 0 Å². The Morgan fingerprint density at radius 2 is 2.20 bits per heavy atom. The monoisotopic (exact) mass is 267 g/mol. The number of hydrogen-bond donors (Lipinski definition) is 0. The summed E-state index contributed by atoms with van der Waals surface area (Å²) >= 11 is 0. The van der Waals surface area contributed by atoms with E-state index in [0.717, 1.165) is 5.92 Å². The first kappa shape index (κ1) is 12.1. The van der Waals surface area contributed by atoms with Crippen LogP contribution in [0.4, 0.5) is 0 Å². The summed E-state index contributed by atoms with van der Waals surface area (Å²) in [4.78, 5) is 4.10. The van der Waals surface area contributed by atoms with Crippen molar-refractivity contribution in [2.24, 2.45) is 5.92 Å². The Hall–Kier alpha value is -1.64.